The number of nitrogens with zero attached hydrogens (tertiary/aromatic N) is 1. The Morgan fingerprint density at radius 1 is 1.12 bits per heavy atom. The van der Waals surface area contributed by atoms with Crippen molar-refractivity contribution in [2.24, 2.45) is 17.6 Å². The van der Waals surface area contributed by atoms with Gasteiger partial charge in [-0.15, -0.1) is 12.8 Å². The van der Waals surface area contributed by atoms with Crippen molar-refractivity contribution in [1.82, 2.24) is 15.3 Å². The van der Waals surface area contributed by atoms with Crippen LogP contribution in [0.25, 0.3) is 0 Å². The first-order chi connectivity index (χ1) is 15.3. The van der Waals surface area contributed by atoms with Gasteiger partial charge in [-0.25, -0.2) is 4.98 Å². The van der Waals surface area contributed by atoms with Gasteiger partial charge in [0.15, 0.2) is 0 Å². The van der Waals surface area contributed by atoms with Crippen LogP contribution in [0.4, 0.5) is 0 Å². The zero-order valence-corrected chi connectivity index (χ0v) is 22.1. The SMILES string of the molecule is C#C.CC.CC.CC(C)=N.CC1CCC(=O)NC1.Cc1ncc(C(N)C2CCCCC2)[nH]1. The molecule has 186 valence electrons. The minimum Gasteiger partial charge on any atom is -0.356 e. The van der Waals surface area contributed by atoms with E-state index in [0.717, 1.165) is 30.9 Å². The molecule has 0 spiro atoms. The molecule has 1 aromatic rings. The van der Waals surface area contributed by atoms with E-state index in [1.54, 1.807) is 13.8 Å². The normalized spacial score (nSPS) is 17.8. The number of carbonyl (C=O) groups is 1. The standard InChI is InChI=1S/C11H19N3.C6H11NO.C3H7N.2C2H6.C2H2/c1-8-13-7-10(14-8)11(12)9-5-3-2-4-6-9;1-5-2-3-6(8)7-4-5;1-3(2)4;3*1-2/h7,9,11H,2-6,12H2,1H3,(H,13,14);5H,2-4H2,1H3,(H,7,8);4H,1-2H3;2*1-2H3;1-2H. The van der Waals surface area contributed by atoms with Gasteiger partial charge in [0, 0.05) is 30.9 Å². The van der Waals surface area contributed by atoms with Crippen LogP contribution in [0.15, 0.2) is 6.20 Å². The summed E-state index contributed by atoms with van der Waals surface area (Å²) in [5, 5.41) is 9.29. The number of amides is 1. The number of aryl methyl sites for hydroxylation is 1. The van der Waals surface area contributed by atoms with Crippen LogP contribution in [0.5, 0.6) is 0 Å². The maximum atomic E-state index is 10.5. The fourth-order valence-corrected chi connectivity index (χ4v) is 3.21. The van der Waals surface area contributed by atoms with Gasteiger partial charge < -0.3 is 21.4 Å². The number of aromatic amines is 1. The molecule has 2 fully saturated rings. The Kier molecular flexibility index (Phi) is 25.4. The number of nitrogens with two attached hydrogens (primary N) is 1. The van der Waals surface area contributed by atoms with Crippen molar-refractivity contribution in [3.63, 3.8) is 0 Å². The van der Waals surface area contributed by atoms with Gasteiger partial charge in [0.1, 0.15) is 5.82 Å². The molecule has 1 saturated carbocycles. The molecule has 1 amide bonds. The molecule has 5 N–H and O–H groups in total. The third-order valence-corrected chi connectivity index (χ3v) is 4.75. The van der Waals surface area contributed by atoms with Gasteiger partial charge >= 0.3 is 0 Å². The summed E-state index contributed by atoms with van der Waals surface area (Å²) in [7, 11) is 0. The molecule has 2 unspecified atom stereocenters. The predicted octanol–water partition coefficient (Wildman–Crippen LogP) is 6.18. The van der Waals surface area contributed by atoms with E-state index in [-0.39, 0.29) is 11.9 Å². The maximum Gasteiger partial charge on any atom is 0.220 e. The van der Waals surface area contributed by atoms with Crippen molar-refractivity contribution in [2.45, 2.75) is 106 Å². The highest BCUT2D eigenvalue weighted by Gasteiger charge is 2.22. The average Bonchev–Trinajstić information content (AvgIpc) is 3.26. The largest absolute Gasteiger partial charge is 0.356 e. The van der Waals surface area contributed by atoms with Crippen LogP contribution in [0.3, 0.4) is 0 Å². The number of rotatable bonds is 2. The molecule has 2 heterocycles. The van der Waals surface area contributed by atoms with Crippen LogP contribution in [0.2, 0.25) is 0 Å². The number of H-pyrrole nitrogens is 1. The summed E-state index contributed by atoms with van der Waals surface area (Å²) in [6, 6.07) is 0.163. The van der Waals surface area contributed by atoms with E-state index in [1.165, 1.54) is 32.1 Å². The highest BCUT2D eigenvalue weighted by molar-refractivity contribution is 5.76. The number of nitrogens with one attached hydrogen (secondary N) is 3. The van der Waals surface area contributed by atoms with Gasteiger partial charge in [-0.3, -0.25) is 4.79 Å². The minimum atomic E-state index is 0.163. The van der Waals surface area contributed by atoms with Crippen molar-refractivity contribution in [3.05, 3.63) is 17.7 Å². The molecule has 2 atom stereocenters. The first-order valence-corrected chi connectivity index (χ1v) is 12.2. The summed E-state index contributed by atoms with van der Waals surface area (Å²) in [6.45, 7) is 16.5. The summed E-state index contributed by atoms with van der Waals surface area (Å²) in [4.78, 5) is 17.9. The first-order valence-electron chi connectivity index (χ1n) is 12.2. The number of piperidine rings is 1. The second kappa shape index (κ2) is 23.5. The molecule has 0 radical (unpaired) electrons. The third kappa shape index (κ3) is 18.6. The average molecular weight is 450 g/mol. The molecule has 0 bridgehead atoms. The molecule has 6 heteroatoms. The Labute approximate surface area is 198 Å². The quantitative estimate of drug-likeness (QED) is 0.320. The Bertz CT molecular complexity index is 574. The molecular weight excluding hydrogens is 398 g/mol. The summed E-state index contributed by atoms with van der Waals surface area (Å²) >= 11 is 0. The molecule has 32 heavy (non-hydrogen) atoms. The van der Waals surface area contributed by atoms with Gasteiger partial charge in [-0.05, 0) is 51.9 Å². The van der Waals surface area contributed by atoms with Gasteiger partial charge in [0.2, 0.25) is 5.91 Å². The minimum absolute atomic E-state index is 0.163. The zero-order chi connectivity index (χ0) is 25.5. The lowest BCUT2D eigenvalue weighted by molar-refractivity contribution is -0.122. The van der Waals surface area contributed by atoms with Crippen molar-refractivity contribution in [1.29, 1.82) is 5.41 Å². The maximum absolute atomic E-state index is 10.5. The van der Waals surface area contributed by atoms with Crippen LogP contribution in [0.1, 0.15) is 111 Å². The molecule has 6 nitrogen and oxygen atoms in total. The first kappa shape index (κ1) is 34.5. The van der Waals surface area contributed by atoms with Gasteiger partial charge in [-0.2, -0.15) is 0 Å². The monoisotopic (exact) mass is 449 g/mol. The fourth-order valence-electron chi connectivity index (χ4n) is 3.21. The van der Waals surface area contributed by atoms with Crippen LogP contribution in [0, 0.1) is 37.0 Å². The number of imidazole rings is 1. The van der Waals surface area contributed by atoms with E-state index in [0.29, 0.717) is 17.5 Å². The smallest absolute Gasteiger partial charge is 0.220 e. The Morgan fingerprint density at radius 3 is 1.97 bits per heavy atom. The number of terminal acetylenes is 1. The van der Waals surface area contributed by atoms with Crippen molar-refractivity contribution < 1.29 is 4.79 Å². The summed E-state index contributed by atoms with van der Waals surface area (Å²) in [5.41, 5.74) is 7.98. The van der Waals surface area contributed by atoms with Crippen LogP contribution in [-0.2, 0) is 4.79 Å². The van der Waals surface area contributed by atoms with Gasteiger partial charge in [0.25, 0.3) is 0 Å². The second-order valence-electron chi connectivity index (χ2n) is 7.80. The Balaban J connectivity index is -0.000000398. The topological polar surface area (TPSA) is 108 Å². The van der Waals surface area contributed by atoms with Crippen molar-refractivity contribution in [2.75, 3.05) is 6.54 Å². The van der Waals surface area contributed by atoms with Crippen molar-refractivity contribution >= 4 is 11.6 Å². The molecule has 1 aromatic heterocycles. The Morgan fingerprint density at radius 2 is 1.62 bits per heavy atom. The highest BCUT2D eigenvalue weighted by Crippen LogP contribution is 2.32. The molecular formula is C26H51N5O. The number of hydrogen-bond acceptors (Lipinski definition) is 4. The molecule has 3 rings (SSSR count). The van der Waals surface area contributed by atoms with Crippen molar-refractivity contribution in [3.8, 4) is 12.8 Å². The van der Waals surface area contributed by atoms with Crippen LogP contribution < -0.4 is 11.1 Å². The molecule has 1 aliphatic heterocycles. The van der Waals surface area contributed by atoms with E-state index in [1.807, 2.05) is 40.8 Å². The number of hydrogen-bond donors (Lipinski definition) is 4. The summed E-state index contributed by atoms with van der Waals surface area (Å²) < 4.78 is 0. The van der Waals surface area contributed by atoms with Crippen LogP contribution >= 0.6 is 0 Å². The van der Waals surface area contributed by atoms with Gasteiger partial charge in [0.05, 0.1) is 5.69 Å². The zero-order valence-electron chi connectivity index (χ0n) is 22.1. The molecule has 2 aliphatic rings. The second-order valence-corrected chi connectivity index (χ2v) is 7.80. The van der Waals surface area contributed by atoms with E-state index in [2.05, 4.69) is 35.1 Å². The molecule has 1 aliphatic carbocycles. The lowest BCUT2D eigenvalue weighted by Crippen LogP contribution is -2.33. The van der Waals surface area contributed by atoms with Gasteiger partial charge in [-0.1, -0.05) is 53.9 Å². The highest BCUT2D eigenvalue weighted by atomic mass is 16.1. The lowest BCUT2D eigenvalue weighted by atomic mass is 9.83. The number of carbonyl (C=O) groups excluding carboxylic acids is 1. The molecule has 0 aromatic carbocycles. The fraction of sp³-hybridized carbons (Fsp3) is 0.731. The summed E-state index contributed by atoms with van der Waals surface area (Å²) in [6.07, 6.45) is 18.3. The molecule has 1 saturated heterocycles. The van der Waals surface area contributed by atoms with E-state index >= 15 is 0 Å². The number of aromatic nitrogens is 2. The van der Waals surface area contributed by atoms with E-state index in [9.17, 15) is 4.79 Å². The third-order valence-electron chi connectivity index (χ3n) is 4.75. The van der Waals surface area contributed by atoms with E-state index < -0.39 is 0 Å². The summed E-state index contributed by atoms with van der Waals surface area (Å²) in [5.74, 6) is 2.52. The van der Waals surface area contributed by atoms with Crippen LogP contribution in [-0.4, -0.2) is 28.1 Å². The van der Waals surface area contributed by atoms with E-state index in [4.69, 9.17) is 11.1 Å². The Hall–Kier alpha value is -2.13. The lowest BCUT2D eigenvalue weighted by Gasteiger charge is -2.26. The predicted molar refractivity (Wildman–Crippen MR) is 140 cm³/mol.